The Balaban J connectivity index is 2.11. The van der Waals surface area contributed by atoms with Gasteiger partial charge in [-0.1, -0.05) is 20.8 Å². The molecule has 2 fully saturated rings. The van der Waals surface area contributed by atoms with Crippen LogP contribution in [0, 0.1) is 5.92 Å². The monoisotopic (exact) mass is 298 g/mol. The van der Waals surface area contributed by atoms with E-state index in [4.69, 9.17) is 0 Å². The highest BCUT2D eigenvalue weighted by Crippen LogP contribution is 2.34. The first-order chi connectivity index (χ1) is 9.45. The standard InChI is InChI=1S/C15H26N2O2S/c1-5-20-12-7-6-11(8-12)17-10(4)14(18)16-13(9(2)3)15(17)19/h9-13H,5-8H2,1-4H3,(H,16,18). The maximum atomic E-state index is 12.7. The lowest BCUT2D eigenvalue weighted by molar-refractivity contribution is -0.152. The van der Waals surface area contributed by atoms with E-state index in [9.17, 15) is 9.59 Å². The van der Waals surface area contributed by atoms with E-state index in [2.05, 4.69) is 12.2 Å². The Bertz CT molecular complexity index is 386. The maximum Gasteiger partial charge on any atom is 0.246 e. The van der Waals surface area contributed by atoms with Crippen molar-refractivity contribution >= 4 is 23.6 Å². The summed E-state index contributed by atoms with van der Waals surface area (Å²) in [5, 5.41) is 3.52. The molecule has 2 rings (SSSR count). The van der Waals surface area contributed by atoms with Crippen LogP contribution in [0.15, 0.2) is 0 Å². The normalized spacial score (nSPS) is 34.8. The van der Waals surface area contributed by atoms with Gasteiger partial charge < -0.3 is 10.2 Å². The van der Waals surface area contributed by atoms with Crippen molar-refractivity contribution in [3.05, 3.63) is 0 Å². The van der Waals surface area contributed by atoms with Gasteiger partial charge >= 0.3 is 0 Å². The van der Waals surface area contributed by atoms with E-state index in [0.717, 1.165) is 25.0 Å². The van der Waals surface area contributed by atoms with Crippen molar-refractivity contribution in [3.63, 3.8) is 0 Å². The molecular weight excluding hydrogens is 272 g/mol. The lowest BCUT2D eigenvalue weighted by atomic mass is 9.96. The summed E-state index contributed by atoms with van der Waals surface area (Å²) in [4.78, 5) is 26.7. The van der Waals surface area contributed by atoms with E-state index in [0.29, 0.717) is 5.25 Å². The minimum absolute atomic E-state index is 0.00473. The average Bonchev–Trinajstić information content (AvgIpc) is 2.82. The summed E-state index contributed by atoms with van der Waals surface area (Å²) in [6.45, 7) is 8.00. The molecule has 0 spiro atoms. The van der Waals surface area contributed by atoms with Gasteiger partial charge in [-0.3, -0.25) is 9.59 Å². The third-order valence-electron chi connectivity index (χ3n) is 4.43. The second-order valence-corrected chi connectivity index (χ2v) is 7.77. The molecule has 114 valence electrons. The van der Waals surface area contributed by atoms with Gasteiger partial charge in [-0.05, 0) is 37.9 Å². The van der Waals surface area contributed by atoms with Crippen LogP contribution in [0.2, 0.25) is 0 Å². The van der Waals surface area contributed by atoms with Gasteiger partial charge in [-0.15, -0.1) is 0 Å². The van der Waals surface area contributed by atoms with E-state index >= 15 is 0 Å². The van der Waals surface area contributed by atoms with Crippen molar-refractivity contribution in [3.8, 4) is 0 Å². The Labute approximate surface area is 126 Å². The van der Waals surface area contributed by atoms with E-state index in [1.165, 1.54) is 0 Å². The lowest BCUT2D eigenvalue weighted by Gasteiger charge is -2.42. The Hall–Kier alpha value is -0.710. The molecule has 0 radical (unpaired) electrons. The molecule has 1 saturated heterocycles. The van der Waals surface area contributed by atoms with E-state index in [1.54, 1.807) is 0 Å². The van der Waals surface area contributed by atoms with Crippen molar-refractivity contribution in [2.45, 2.75) is 70.3 Å². The van der Waals surface area contributed by atoms with Crippen LogP contribution in [-0.4, -0.2) is 45.8 Å². The molecule has 1 heterocycles. The highest BCUT2D eigenvalue weighted by Gasteiger charge is 2.44. The number of rotatable bonds is 4. The average molecular weight is 298 g/mol. The van der Waals surface area contributed by atoms with Crippen molar-refractivity contribution in [1.29, 1.82) is 0 Å². The summed E-state index contributed by atoms with van der Waals surface area (Å²) in [7, 11) is 0. The fourth-order valence-corrected chi connectivity index (χ4v) is 4.45. The van der Waals surface area contributed by atoms with Gasteiger partial charge in [0.2, 0.25) is 11.8 Å². The molecule has 5 heteroatoms. The second-order valence-electron chi connectivity index (χ2n) is 6.20. The minimum Gasteiger partial charge on any atom is -0.342 e. The van der Waals surface area contributed by atoms with Gasteiger partial charge in [0.05, 0.1) is 0 Å². The molecule has 0 bridgehead atoms. The van der Waals surface area contributed by atoms with Crippen LogP contribution in [0.1, 0.15) is 47.0 Å². The number of nitrogens with one attached hydrogen (secondary N) is 1. The van der Waals surface area contributed by atoms with Crippen LogP contribution in [0.25, 0.3) is 0 Å². The van der Waals surface area contributed by atoms with Crippen LogP contribution < -0.4 is 5.32 Å². The zero-order chi connectivity index (χ0) is 14.9. The first-order valence-corrected chi connectivity index (χ1v) is 8.74. The van der Waals surface area contributed by atoms with Crippen LogP contribution in [0.4, 0.5) is 0 Å². The van der Waals surface area contributed by atoms with Crippen LogP contribution in [-0.2, 0) is 9.59 Å². The Morgan fingerprint density at radius 1 is 1.35 bits per heavy atom. The zero-order valence-electron chi connectivity index (χ0n) is 12.9. The minimum atomic E-state index is -0.350. The molecule has 0 aromatic rings. The number of hydrogen-bond acceptors (Lipinski definition) is 3. The first-order valence-electron chi connectivity index (χ1n) is 7.69. The van der Waals surface area contributed by atoms with Crippen molar-refractivity contribution in [2.24, 2.45) is 5.92 Å². The van der Waals surface area contributed by atoms with Gasteiger partial charge in [-0.25, -0.2) is 0 Å². The molecular formula is C15H26N2O2S. The molecule has 2 amide bonds. The molecule has 2 aliphatic rings. The number of hydrogen-bond donors (Lipinski definition) is 1. The molecule has 0 aromatic carbocycles. The fourth-order valence-electron chi connectivity index (χ4n) is 3.32. The fraction of sp³-hybridized carbons (Fsp3) is 0.867. The summed E-state index contributed by atoms with van der Waals surface area (Å²) in [6.07, 6.45) is 3.23. The number of carbonyl (C=O) groups is 2. The third-order valence-corrected chi connectivity index (χ3v) is 5.67. The van der Waals surface area contributed by atoms with E-state index in [1.807, 2.05) is 37.4 Å². The smallest absolute Gasteiger partial charge is 0.246 e. The summed E-state index contributed by atoms with van der Waals surface area (Å²) >= 11 is 1.98. The number of nitrogens with zero attached hydrogens (tertiary/aromatic N) is 1. The molecule has 4 atom stereocenters. The highest BCUT2D eigenvalue weighted by molar-refractivity contribution is 7.99. The first kappa shape index (κ1) is 15.7. The van der Waals surface area contributed by atoms with Gasteiger partial charge in [-0.2, -0.15) is 11.8 Å². The predicted octanol–water partition coefficient (Wildman–Crippen LogP) is 2.03. The van der Waals surface area contributed by atoms with Crippen molar-refractivity contribution in [2.75, 3.05) is 5.75 Å². The number of amides is 2. The van der Waals surface area contributed by atoms with Gasteiger partial charge in [0, 0.05) is 11.3 Å². The summed E-state index contributed by atoms with van der Waals surface area (Å²) in [5.74, 6) is 1.37. The topological polar surface area (TPSA) is 49.4 Å². The van der Waals surface area contributed by atoms with Crippen LogP contribution in [0.3, 0.4) is 0 Å². The summed E-state index contributed by atoms with van der Waals surface area (Å²) in [6, 6.07) is -0.432. The molecule has 4 nitrogen and oxygen atoms in total. The number of thioether (sulfide) groups is 1. The lowest BCUT2D eigenvalue weighted by Crippen LogP contribution is -2.65. The number of piperazine rings is 1. The maximum absolute atomic E-state index is 12.7. The van der Waals surface area contributed by atoms with Crippen molar-refractivity contribution < 1.29 is 9.59 Å². The Morgan fingerprint density at radius 2 is 2.05 bits per heavy atom. The molecule has 4 unspecified atom stereocenters. The summed E-state index contributed by atoms with van der Waals surface area (Å²) < 4.78 is 0. The molecule has 1 aliphatic heterocycles. The van der Waals surface area contributed by atoms with E-state index < -0.39 is 0 Å². The molecule has 1 aliphatic carbocycles. The van der Waals surface area contributed by atoms with Gasteiger partial charge in [0.25, 0.3) is 0 Å². The molecule has 0 aromatic heterocycles. The number of carbonyl (C=O) groups excluding carboxylic acids is 2. The zero-order valence-corrected chi connectivity index (χ0v) is 13.7. The Morgan fingerprint density at radius 3 is 2.65 bits per heavy atom. The third kappa shape index (κ3) is 2.97. The van der Waals surface area contributed by atoms with Crippen LogP contribution in [0.5, 0.6) is 0 Å². The van der Waals surface area contributed by atoms with Gasteiger partial charge in [0.15, 0.2) is 0 Å². The van der Waals surface area contributed by atoms with E-state index in [-0.39, 0.29) is 35.9 Å². The molecule has 20 heavy (non-hydrogen) atoms. The van der Waals surface area contributed by atoms with Crippen LogP contribution >= 0.6 is 11.8 Å². The largest absolute Gasteiger partial charge is 0.342 e. The van der Waals surface area contributed by atoms with Crippen molar-refractivity contribution in [1.82, 2.24) is 10.2 Å². The SMILES string of the molecule is CCSC1CCC(N2C(=O)C(C(C)C)NC(=O)C2C)C1. The molecule has 1 N–H and O–H groups in total. The van der Waals surface area contributed by atoms with Gasteiger partial charge in [0.1, 0.15) is 12.1 Å². The summed E-state index contributed by atoms with van der Waals surface area (Å²) in [5.41, 5.74) is 0. The quantitative estimate of drug-likeness (QED) is 0.864. The Kier molecular flexibility index (Phi) is 4.99. The predicted molar refractivity (Wildman–Crippen MR) is 82.6 cm³/mol. The highest BCUT2D eigenvalue weighted by atomic mass is 32.2. The second kappa shape index (κ2) is 6.37. The molecule has 1 saturated carbocycles.